The normalized spacial score (nSPS) is 32.4. The monoisotopic (exact) mass is 235 g/mol. The Bertz CT molecular complexity index is 250. The Labute approximate surface area is 107 Å². The Morgan fingerprint density at radius 3 is 2.65 bits per heavy atom. The highest BCUT2D eigenvalue weighted by molar-refractivity contribution is 4.89. The molecule has 98 valence electrons. The van der Waals surface area contributed by atoms with Crippen molar-refractivity contribution in [3.63, 3.8) is 0 Å². The summed E-state index contributed by atoms with van der Waals surface area (Å²) in [6.07, 6.45) is 11.7. The SMILES string of the molecule is C=CCCC1CC(C)(C)CCC1CNC1CC1. The highest BCUT2D eigenvalue weighted by atomic mass is 14.9. The molecule has 0 saturated heterocycles. The van der Waals surface area contributed by atoms with Crippen molar-refractivity contribution in [2.45, 2.75) is 64.8 Å². The Morgan fingerprint density at radius 2 is 2.00 bits per heavy atom. The molecule has 0 radical (unpaired) electrons. The van der Waals surface area contributed by atoms with Crippen molar-refractivity contribution < 1.29 is 0 Å². The molecule has 0 aliphatic heterocycles. The van der Waals surface area contributed by atoms with E-state index < -0.39 is 0 Å². The molecule has 17 heavy (non-hydrogen) atoms. The van der Waals surface area contributed by atoms with Crippen molar-refractivity contribution in [1.82, 2.24) is 5.32 Å². The largest absolute Gasteiger partial charge is 0.314 e. The van der Waals surface area contributed by atoms with Crippen molar-refractivity contribution in [3.8, 4) is 0 Å². The van der Waals surface area contributed by atoms with Gasteiger partial charge < -0.3 is 5.32 Å². The summed E-state index contributed by atoms with van der Waals surface area (Å²) in [6.45, 7) is 10.0. The molecule has 0 heterocycles. The zero-order valence-corrected chi connectivity index (χ0v) is 11.7. The molecular weight excluding hydrogens is 206 g/mol. The molecule has 2 atom stereocenters. The van der Waals surface area contributed by atoms with E-state index in [4.69, 9.17) is 0 Å². The van der Waals surface area contributed by atoms with Crippen LogP contribution in [0, 0.1) is 17.3 Å². The minimum Gasteiger partial charge on any atom is -0.314 e. The molecule has 0 amide bonds. The Morgan fingerprint density at radius 1 is 1.24 bits per heavy atom. The lowest BCUT2D eigenvalue weighted by molar-refractivity contribution is 0.110. The van der Waals surface area contributed by atoms with Gasteiger partial charge in [-0.05, 0) is 68.7 Å². The summed E-state index contributed by atoms with van der Waals surface area (Å²) >= 11 is 0. The number of hydrogen-bond donors (Lipinski definition) is 1. The van der Waals surface area contributed by atoms with E-state index in [0.717, 1.165) is 17.9 Å². The third-order valence-electron chi connectivity index (χ3n) is 4.66. The Balaban J connectivity index is 1.84. The van der Waals surface area contributed by atoms with Crippen molar-refractivity contribution in [2.75, 3.05) is 6.54 Å². The zero-order valence-electron chi connectivity index (χ0n) is 11.7. The van der Waals surface area contributed by atoms with Crippen LogP contribution in [0.25, 0.3) is 0 Å². The van der Waals surface area contributed by atoms with Crippen LogP contribution in [-0.2, 0) is 0 Å². The summed E-state index contributed by atoms with van der Waals surface area (Å²) in [6, 6.07) is 0.866. The average Bonchev–Trinajstić information content (AvgIpc) is 3.08. The van der Waals surface area contributed by atoms with E-state index in [9.17, 15) is 0 Å². The van der Waals surface area contributed by atoms with E-state index in [2.05, 4.69) is 31.8 Å². The number of hydrogen-bond acceptors (Lipinski definition) is 1. The second-order valence-electron chi connectivity index (χ2n) is 6.98. The first-order valence-corrected chi connectivity index (χ1v) is 7.45. The van der Waals surface area contributed by atoms with Gasteiger partial charge in [-0.25, -0.2) is 0 Å². The van der Waals surface area contributed by atoms with Gasteiger partial charge in [0.05, 0.1) is 0 Å². The van der Waals surface area contributed by atoms with Gasteiger partial charge in [0.25, 0.3) is 0 Å². The summed E-state index contributed by atoms with van der Waals surface area (Å²) in [5, 5.41) is 3.73. The maximum atomic E-state index is 3.88. The Hall–Kier alpha value is -0.300. The third kappa shape index (κ3) is 4.13. The third-order valence-corrected chi connectivity index (χ3v) is 4.66. The summed E-state index contributed by atoms with van der Waals surface area (Å²) in [7, 11) is 0. The molecule has 1 heteroatoms. The zero-order chi connectivity index (χ0) is 12.3. The molecule has 0 aromatic carbocycles. The number of rotatable bonds is 6. The van der Waals surface area contributed by atoms with E-state index in [1.54, 1.807) is 0 Å². The fourth-order valence-electron chi connectivity index (χ4n) is 3.33. The molecule has 0 aromatic rings. The summed E-state index contributed by atoms with van der Waals surface area (Å²) in [5.41, 5.74) is 0.571. The van der Waals surface area contributed by atoms with Gasteiger partial charge in [0.2, 0.25) is 0 Å². The molecule has 2 rings (SSSR count). The second kappa shape index (κ2) is 5.56. The van der Waals surface area contributed by atoms with Crippen molar-refractivity contribution >= 4 is 0 Å². The number of allylic oxidation sites excluding steroid dienone is 1. The van der Waals surface area contributed by atoms with E-state index in [0.29, 0.717) is 5.41 Å². The van der Waals surface area contributed by atoms with E-state index in [1.807, 2.05) is 0 Å². The minimum absolute atomic E-state index is 0.571. The van der Waals surface area contributed by atoms with E-state index in [1.165, 1.54) is 51.5 Å². The highest BCUT2D eigenvalue weighted by Gasteiger charge is 2.34. The summed E-state index contributed by atoms with van der Waals surface area (Å²) in [4.78, 5) is 0. The maximum Gasteiger partial charge on any atom is 0.00683 e. The standard InChI is InChI=1S/C16H29N/c1-4-5-6-13-11-16(2,3)10-9-14(13)12-17-15-7-8-15/h4,13-15,17H,1,5-12H2,2-3H3. The molecule has 1 N–H and O–H groups in total. The molecule has 2 fully saturated rings. The van der Waals surface area contributed by atoms with Gasteiger partial charge in [-0.15, -0.1) is 6.58 Å². The van der Waals surface area contributed by atoms with Crippen LogP contribution < -0.4 is 5.32 Å². The lowest BCUT2D eigenvalue weighted by Crippen LogP contribution is -2.36. The number of nitrogens with one attached hydrogen (secondary N) is 1. The van der Waals surface area contributed by atoms with Crippen molar-refractivity contribution in [2.24, 2.45) is 17.3 Å². The molecule has 2 aliphatic carbocycles. The van der Waals surface area contributed by atoms with Crippen LogP contribution in [0.4, 0.5) is 0 Å². The molecule has 0 aromatic heterocycles. The van der Waals surface area contributed by atoms with Gasteiger partial charge in [0.1, 0.15) is 0 Å². The fourth-order valence-corrected chi connectivity index (χ4v) is 3.33. The molecule has 2 unspecified atom stereocenters. The van der Waals surface area contributed by atoms with Gasteiger partial charge in [0.15, 0.2) is 0 Å². The van der Waals surface area contributed by atoms with Crippen LogP contribution in [0.3, 0.4) is 0 Å². The Kier molecular flexibility index (Phi) is 4.30. The first-order chi connectivity index (χ1) is 8.11. The first-order valence-electron chi connectivity index (χ1n) is 7.45. The van der Waals surface area contributed by atoms with Crippen LogP contribution in [0.5, 0.6) is 0 Å². The lowest BCUT2D eigenvalue weighted by atomic mass is 9.66. The average molecular weight is 235 g/mol. The minimum atomic E-state index is 0.571. The van der Waals surface area contributed by atoms with Crippen molar-refractivity contribution in [3.05, 3.63) is 12.7 Å². The maximum absolute atomic E-state index is 3.88. The molecule has 2 saturated carbocycles. The van der Waals surface area contributed by atoms with Crippen molar-refractivity contribution in [1.29, 1.82) is 0 Å². The van der Waals surface area contributed by atoms with Crippen LogP contribution >= 0.6 is 0 Å². The van der Waals surface area contributed by atoms with Gasteiger partial charge in [-0.3, -0.25) is 0 Å². The highest BCUT2D eigenvalue weighted by Crippen LogP contribution is 2.43. The van der Waals surface area contributed by atoms with Crippen LogP contribution in [-0.4, -0.2) is 12.6 Å². The molecule has 0 bridgehead atoms. The summed E-state index contributed by atoms with van der Waals surface area (Å²) < 4.78 is 0. The molecular formula is C16H29N. The lowest BCUT2D eigenvalue weighted by Gasteiger charge is -2.41. The second-order valence-corrected chi connectivity index (χ2v) is 6.98. The van der Waals surface area contributed by atoms with Crippen LogP contribution in [0.2, 0.25) is 0 Å². The predicted molar refractivity (Wildman–Crippen MR) is 75.1 cm³/mol. The van der Waals surface area contributed by atoms with Gasteiger partial charge >= 0.3 is 0 Å². The van der Waals surface area contributed by atoms with Crippen LogP contribution in [0.15, 0.2) is 12.7 Å². The summed E-state index contributed by atoms with van der Waals surface area (Å²) in [5.74, 6) is 1.84. The fraction of sp³-hybridized carbons (Fsp3) is 0.875. The van der Waals surface area contributed by atoms with Gasteiger partial charge in [0, 0.05) is 6.04 Å². The van der Waals surface area contributed by atoms with E-state index in [-0.39, 0.29) is 0 Å². The van der Waals surface area contributed by atoms with Crippen LogP contribution in [0.1, 0.15) is 58.8 Å². The quantitative estimate of drug-likeness (QED) is 0.682. The van der Waals surface area contributed by atoms with Gasteiger partial charge in [-0.2, -0.15) is 0 Å². The van der Waals surface area contributed by atoms with Gasteiger partial charge in [-0.1, -0.05) is 19.9 Å². The molecule has 2 aliphatic rings. The van der Waals surface area contributed by atoms with E-state index >= 15 is 0 Å². The molecule has 1 nitrogen and oxygen atoms in total. The molecule has 0 spiro atoms. The predicted octanol–water partition coefficient (Wildman–Crippen LogP) is 4.15. The topological polar surface area (TPSA) is 12.0 Å². The smallest absolute Gasteiger partial charge is 0.00683 e. The first kappa shape index (κ1) is 13.1.